The minimum absolute atomic E-state index is 0.0636. The monoisotopic (exact) mass is 480 g/mol. The van der Waals surface area contributed by atoms with E-state index in [9.17, 15) is 4.79 Å². The van der Waals surface area contributed by atoms with Crippen LogP contribution in [0, 0.1) is 5.92 Å². The molecule has 0 N–H and O–H groups in total. The fourth-order valence-electron chi connectivity index (χ4n) is 4.95. The van der Waals surface area contributed by atoms with Crippen LogP contribution in [0.5, 0.6) is 0 Å². The second kappa shape index (κ2) is 28.7. The lowest BCUT2D eigenvalue weighted by molar-refractivity contribution is -0.149. The molecule has 2 nitrogen and oxygen atoms in total. The molecule has 1 unspecified atom stereocenters. The lowest BCUT2D eigenvalue weighted by Gasteiger charge is -2.14. The van der Waals surface area contributed by atoms with E-state index < -0.39 is 0 Å². The van der Waals surface area contributed by atoms with Crippen molar-refractivity contribution in [1.29, 1.82) is 0 Å². The summed E-state index contributed by atoms with van der Waals surface area (Å²) in [5, 5.41) is 0. The Hall–Kier alpha value is -0.530. The van der Waals surface area contributed by atoms with Gasteiger partial charge in [0.25, 0.3) is 0 Å². The van der Waals surface area contributed by atoms with Crippen molar-refractivity contribution < 1.29 is 9.53 Å². The third kappa shape index (κ3) is 24.6. The third-order valence-electron chi connectivity index (χ3n) is 7.47. The van der Waals surface area contributed by atoms with Gasteiger partial charge in [0.15, 0.2) is 0 Å². The number of esters is 1. The highest BCUT2D eigenvalue weighted by molar-refractivity contribution is 5.72. The molecule has 0 aliphatic carbocycles. The van der Waals surface area contributed by atoms with Crippen molar-refractivity contribution in [1.82, 2.24) is 0 Å². The summed E-state index contributed by atoms with van der Waals surface area (Å²) >= 11 is 0. The van der Waals surface area contributed by atoms with Crippen molar-refractivity contribution in [3.63, 3.8) is 0 Å². The molecule has 0 aliphatic rings. The largest absolute Gasteiger partial charge is 0.465 e. The molecule has 0 bridgehead atoms. The Balaban J connectivity index is 3.42. The van der Waals surface area contributed by atoms with Crippen LogP contribution in [0.3, 0.4) is 0 Å². The van der Waals surface area contributed by atoms with Crippen LogP contribution in [-0.4, -0.2) is 12.6 Å². The summed E-state index contributed by atoms with van der Waals surface area (Å²) in [4.78, 5) is 12.4. The summed E-state index contributed by atoms with van der Waals surface area (Å²) in [6.45, 7) is 7.33. The molecule has 0 spiro atoms. The molecular weight excluding hydrogens is 416 g/mol. The predicted molar refractivity (Wildman–Crippen MR) is 152 cm³/mol. The highest BCUT2D eigenvalue weighted by Gasteiger charge is 2.17. The maximum Gasteiger partial charge on any atom is 0.308 e. The van der Waals surface area contributed by atoms with Gasteiger partial charge in [-0.05, 0) is 19.3 Å². The average molecular weight is 481 g/mol. The van der Waals surface area contributed by atoms with E-state index in [1.165, 1.54) is 148 Å². The van der Waals surface area contributed by atoms with Crippen molar-refractivity contribution in [3.05, 3.63) is 0 Å². The topological polar surface area (TPSA) is 26.3 Å². The lowest BCUT2D eigenvalue weighted by Crippen LogP contribution is -2.17. The van der Waals surface area contributed by atoms with Gasteiger partial charge in [-0.2, -0.15) is 0 Å². The summed E-state index contributed by atoms with van der Waals surface area (Å²) in [7, 11) is 0. The van der Waals surface area contributed by atoms with Gasteiger partial charge in [-0.3, -0.25) is 4.79 Å². The van der Waals surface area contributed by atoms with E-state index >= 15 is 0 Å². The molecule has 0 heterocycles. The molecule has 204 valence electrons. The molecule has 0 aromatic rings. The van der Waals surface area contributed by atoms with Gasteiger partial charge in [0, 0.05) is 0 Å². The normalized spacial score (nSPS) is 12.2. The summed E-state index contributed by atoms with van der Waals surface area (Å²) in [5.74, 6) is 0.189. The lowest BCUT2D eigenvalue weighted by atomic mass is 9.97. The maximum absolute atomic E-state index is 12.4. The zero-order valence-electron chi connectivity index (χ0n) is 24.0. The van der Waals surface area contributed by atoms with Gasteiger partial charge < -0.3 is 4.74 Å². The first-order chi connectivity index (χ1) is 16.8. The molecule has 0 saturated carbocycles. The number of carbonyl (C=O) groups excluding carboxylic acids is 1. The molecule has 0 aromatic heterocycles. The first-order valence-corrected chi connectivity index (χ1v) is 15.9. The zero-order chi connectivity index (χ0) is 25.0. The molecule has 0 aromatic carbocycles. The van der Waals surface area contributed by atoms with E-state index in [1.54, 1.807) is 0 Å². The zero-order valence-corrected chi connectivity index (χ0v) is 24.0. The Morgan fingerprint density at radius 1 is 0.471 bits per heavy atom. The van der Waals surface area contributed by atoms with Crippen LogP contribution in [0.25, 0.3) is 0 Å². The van der Waals surface area contributed by atoms with Crippen LogP contribution in [0.2, 0.25) is 0 Å². The number of hydrogen-bond donors (Lipinski definition) is 0. The molecule has 0 rings (SSSR count). The second-order valence-corrected chi connectivity index (χ2v) is 10.8. The van der Waals surface area contributed by atoms with Crippen LogP contribution >= 0.6 is 0 Å². The van der Waals surface area contributed by atoms with Crippen LogP contribution < -0.4 is 0 Å². The van der Waals surface area contributed by atoms with E-state index in [0.29, 0.717) is 6.61 Å². The van der Waals surface area contributed by atoms with E-state index in [2.05, 4.69) is 20.8 Å². The fourth-order valence-corrected chi connectivity index (χ4v) is 4.95. The highest BCUT2D eigenvalue weighted by atomic mass is 16.5. The van der Waals surface area contributed by atoms with Gasteiger partial charge in [0.2, 0.25) is 0 Å². The van der Waals surface area contributed by atoms with E-state index in [1.807, 2.05) is 0 Å². The molecule has 0 saturated heterocycles. The van der Waals surface area contributed by atoms with Crippen molar-refractivity contribution >= 4 is 5.97 Å². The first-order valence-electron chi connectivity index (χ1n) is 15.9. The summed E-state index contributed by atoms with van der Waals surface area (Å²) < 4.78 is 5.61. The van der Waals surface area contributed by atoms with E-state index in [-0.39, 0.29) is 11.9 Å². The molecule has 2 heteroatoms. The molecule has 0 radical (unpaired) electrons. The SMILES string of the molecule is CCCCCCCCCCCCCCOC(=O)C(CC)CCCCCCCCCCCCCC. The van der Waals surface area contributed by atoms with Gasteiger partial charge in [0.1, 0.15) is 0 Å². The van der Waals surface area contributed by atoms with Crippen LogP contribution in [0.1, 0.15) is 188 Å². The van der Waals surface area contributed by atoms with Gasteiger partial charge in [-0.15, -0.1) is 0 Å². The number of ether oxygens (including phenoxy) is 1. The first kappa shape index (κ1) is 33.5. The average Bonchev–Trinajstić information content (AvgIpc) is 2.85. The smallest absolute Gasteiger partial charge is 0.308 e. The number of rotatable bonds is 28. The fraction of sp³-hybridized carbons (Fsp3) is 0.969. The second-order valence-electron chi connectivity index (χ2n) is 10.8. The van der Waals surface area contributed by atoms with Gasteiger partial charge in [-0.25, -0.2) is 0 Å². The quantitative estimate of drug-likeness (QED) is 0.0821. The summed E-state index contributed by atoms with van der Waals surface area (Å²) in [6.07, 6.45) is 34.5. The Morgan fingerprint density at radius 2 is 0.794 bits per heavy atom. The Labute approximate surface area is 215 Å². The molecule has 34 heavy (non-hydrogen) atoms. The molecule has 0 amide bonds. The van der Waals surface area contributed by atoms with Crippen molar-refractivity contribution in [2.24, 2.45) is 5.92 Å². The standard InChI is InChI=1S/C32H64O2/c1-4-7-9-11-13-15-17-19-21-23-25-27-29-31(6-3)32(33)34-30-28-26-24-22-20-18-16-14-12-10-8-5-2/h31H,4-30H2,1-3H3. The van der Waals surface area contributed by atoms with E-state index in [0.717, 1.165) is 19.3 Å². The number of hydrogen-bond acceptors (Lipinski definition) is 2. The maximum atomic E-state index is 12.4. The van der Waals surface area contributed by atoms with Gasteiger partial charge in [0.05, 0.1) is 12.5 Å². The Kier molecular flexibility index (Phi) is 28.3. The van der Waals surface area contributed by atoms with Crippen molar-refractivity contribution in [2.75, 3.05) is 6.61 Å². The van der Waals surface area contributed by atoms with E-state index in [4.69, 9.17) is 4.74 Å². The van der Waals surface area contributed by atoms with Crippen molar-refractivity contribution in [3.8, 4) is 0 Å². The van der Waals surface area contributed by atoms with Crippen molar-refractivity contribution in [2.45, 2.75) is 188 Å². The van der Waals surface area contributed by atoms with Crippen LogP contribution in [0.4, 0.5) is 0 Å². The molecular formula is C32H64O2. The third-order valence-corrected chi connectivity index (χ3v) is 7.47. The minimum Gasteiger partial charge on any atom is -0.465 e. The Morgan fingerprint density at radius 3 is 1.15 bits per heavy atom. The summed E-state index contributed by atoms with van der Waals surface area (Å²) in [6, 6.07) is 0. The number of carbonyl (C=O) groups is 1. The summed E-state index contributed by atoms with van der Waals surface area (Å²) in [5.41, 5.74) is 0. The van der Waals surface area contributed by atoms with Gasteiger partial charge >= 0.3 is 5.97 Å². The molecule has 1 atom stereocenters. The highest BCUT2D eigenvalue weighted by Crippen LogP contribution is 2.18. The predicted octanol–water partition coefficient (Wildman–Crippen LogP) is 11.3. The number of unbranched alkanes of at least 4 members (excludes halogenated alkanes) is 22. The van der Waals surface area contributed by atoms with Crippen LogP contribution in [-0.2, 0) is 9.53 Å². The Bertz CT molecular complexity index is 392. The minimum atomic E-state index is 0.0636. The molecule has 0 fully saturated rings. The van der Waals surface area contributed by atoms with Crippen LogP contribution in [0.15, 0.2) is 0 Å². The molecule has 0 aliphatic heterocycles. The van der Waals surface area contributed by atoms with Gasteiger partial charge in [-0.1, -0.05) is 168 Å².